The van der Waals surface area contributed by atoms with Crippen molar-refractivity contribution >= 4 is 11.5 Å². The zero-order chi connectivity index (χ0) is 14.5. The quantitative estimate of drug-likeness (QED) is 0.383. The molecule has 0 aromatic heterocycles. The van der Waals surface area contributed by atoms with Gasteiger partial charge in [0.15, 0.2) is 5.84 Å². The van der Waals surface area contributed by atoms with Gasteiger partial charge in [0.2, 0.25) is 0 Å². The Morgan fingerprint density at radius 2 is 2.20 bits per heavy atom. The average Bonchev–Trinajstić information content (AvgIpc) is 2.47. The molecule has 1 saturated heterocycles. The van der Waals surface area contributed by atoms with Crippen LogP contribution in [0.1, 0.15) is 25.3 Å². The van der Waals surface area contributed by atoms with Gasteiger partial charge in [-0.3, -0.25) is 0 Å². The molecule has 1 aliphatic rings. The summed E-state index contributed by atoms with van der Waals surface area (Å²) in [5.74, 6) is -0.481. The van der Waals surface area contributed by atoms with Crippen molar-refractivity contribution in [2.75, 3.05) is 24.6 Å². The highest BCUT2D eigenvalue weighted by molar-refractivity contribution is 6.02. The van der Waals surface area contributed by atoms with Gasteiger partial charge in [-0.15, -0.1) is 0 Å². The molecule has 0 aliphatic carbocycles. The lowest BCUT2D eigenvalue weighted by atomic mass is 10.0. The van der Waals surface area contributed by atoms with E-state index in [0.29, 0.717) is 5.56 Å². The monoisotopic (exact) mass is 281 g/mol. The Kier molecular flexibility index (Phi) is 4.79. The smallest absolute Gasteiger partial charge is 0.172 e. The summed E-state index contributed by atoms with van der Waals surface area (Å²) >= 11 is 0. The van der Waals surface area contributed by atoms with Crippen LogP contribution in [0.2, 0.25) is 0 Å². The highest BCUT2D eigenvalue weighted by atomic mass is 19.1. The number of hydrogen-bond acceptors (Lipinski definition) is 4. The Morgan fingerprint density at radius 3 is 2.80 bits per heavy atom. The van der Waals surface area contributed by atoms with Crippen LogP contribution in [-0.2, 0) is 4.74 Å². The molecule has 1 aliphatic heterocycles. The van der Waals surface area contributed by atoms with Crippen molar-refractivity contribution in [1.82, 2.24) is 0 Å². The molecule has 1 aromatic rings. The van der Waals surface area contributed by atoms with Gasteiger partial charge >= 0.3 is 0 Å². The van der Waals surface area contributed by atoms with Gasteiger partial charge in [0, 0.05) is 30.9 Å². The number of oxime groups is 1. The molecule has 0 radical (unpaired) electrons. The van der Waals surface area contributed by atoms with E-state index in [-0.39, 0.29) is 11.9 Å². The van der Waals surface area contributed by atoms with Crippen molar-refractivity contribution in [3.8, 4) is 0 Å². The Balaban J connectivity index is 2.17. The summed E-state index contributed by atoms with van der Waals surface area (Å²) in [5, 5.41) is 11.8. The van der Waals surface area contributed by atoms with Crippen molar-refractivity contribution in [2.45, 2.75) is 25.9 Å². The molecule has 0 spiro atoms. The second-order valence-corrected chi connectivity index (χ2v) is 4.79. The fourth-order valence-corrected chi connectivity index (χ4v) is 2.54. The Morgan fingerprint density at radius 1 is 1.50 bits per heavy atom. The molecule has 0 unspecified atom stereocenters. The van der Waals surface area contributed by atoms with Crippen LogP contribution in [0, 0.1) is 5.82 Å². The summed E-state index contributed by atoms with van der Waals surface area (Å²) in [7, 11) is 0. The number of nitrogens with two attached hydrogens (primary N) is 1. The number of piperidine rings is 1. The van der Waals surface area contributed by atoms with Gasteiger partial charge in [0.25, 0.3) is 0 Å². The third kappa shape index (κ3) is 3.19. The Labute approximate surface area is 117 Å². The maximum atomic E-state index is 13.3. The molecule has 5 nitrogen and oxygen atoms in total. The third-order valence-electron chi connectivity index (χ3n) is 3.53. The number of hydrogen-bond donors (Lipinski definition) is 2. The normalized spacial score (nSPS) is 17.5. The molecule has 0 amide bonds. The molecule has 1 aromatic carbocycles. The van der Waals surface area contributed by atoms with E-state index in [2.05, 4.69) is 10.1 Å². The van der Waals surface area contributed by atoms with Crippen LogP contribution in [0.5, 0.6) is 0 Å². The van der Waals surface area contributed by atoms with Crippen LogP contribution in [0.15, 0.2) is 23.4 Å². The summed E-state index contributed by atoms with van der Waals surface area (Å²) in [6.45, 7) is 4.32. The SMILES string of the molecule is CCOC1CCN(c2ccc(F)cc2C(N)=NO)CC1. The molecule has 0 bridgehead atoms. The first-order valence-electron chi connectivity index (χ1n) is 6.79. The second-order valence-electron chi connectivity index (χ2n) is 4.79. The molecular weight excluding hydrogens is 261 g/mol. The van der Waals surface area contributed by atoms with Crippen LogP contribution in [0.4, 0.5) is 10.1 Å². The first kappa shape index (κ1) is 14.6. The van der Waals surface area contributed by atoms with Gasteiger partial charge in [-0.05, 0) is 38.0 Å². The van der Waals surface area contributed by atoms with Crippen LogP contribution in [0.3, 0.4) is 0 Å². The number of ether oxygens (including phenoxy) is 1. The van der Waals surface area contributed by atoms with Crippen molar-refractivity contribution in [2.24, 2.45) is 10.9 Å². The standard InChI is InChI=1S/C14H20FN3O2/c1-2-20-11-5-7-18(8-6-11)13-4-3-10(15)9-12(13)14(16)17-19/h3-4,9,11,19H,2,5-8H2,1H3,(H2,16,17). The Bertz CT molecular complexity index is 485. The minimum absolute atomic E-state index is 0.0774. The van der Waals surface area contributed by atoms with Crippen LogP contribution < -0.4 is 10.6 Å². The molecule has 20 heavy (non-hydrogen) atoms. The Hall–Kier alpha value is -1.82. The first-order valence-corrected chi connectivity index (χ1v) is 6.79. The summed E-state index contributed by atoms with van der Waals surface area (Å²) in [4.78, 5) is 2.11. The first-order chi connectivity index (χ1) is 9.65. The van der Waals surface area contributed by atoms with Crippen LogP contribution in [0.25, 0.3) is 0 Å². The van der Waals surface area contributed by atoms with Crippen molar-refractivity contribution < 1.29 is 14.3 Å². The van der Waals surface area contributed by atoms with E-state index in [0.717, 1.165) is 38.2 Å². The highest BCUT2D eigenvalue weighted by Crippen LogP contribution is 2.26. The fraction of sp³-hybridized carbons (Fsp3) is 0.500. The molecule has 110 valence electrons. The van der Waals surface area contributed by atoms with Crippen molar-refractivity contribution in [3.05, 3.63) is 29.6 Å². The summed E-state index contributed by atoms with van der Waals surface area (Å²) in [5.41, 5.74) is 6.84. The minimum Gasteiger partial charge on any atom is -0.409 e. The van der Waals surface area contributed by atoms with E-state index in [1.807, 2.05) is 6.92 Å². The van der Waals surface area contributed by atoms with E-state index in [4.69, 9.17) is 15.7 Å². The number of anilines is 1. The lowest BCUT2D eigenvalue weighted by molar-refractivity contribution is 0.0459. The van der Waals surface area contributed by atoms with E-state index >= 15 is 0 Å². The number of amidine groups is 1. The summed E-state index contributed by atoms with van der Waals surface area (Å²) in [6, 6.07) is 4.35. The molecular formula is C14H20FN3O2. The largest absolute Gasteiger partial charge is 0.409 e. The lowest BCUT2D eigenvalue weighted by Gasteiger charge is -2.34. The predicted molar refractivity (Wildman–Crippen MR) is 75.8 cm³/mol. The number of nitrogens with zero attached hydrogens (tertiary/aromatic N) is 2. The van der Waals surface area contributed by atoms with Crippen LogP contribution in [-0.4, -0.2) is 36.8 Å². The molecule has 3 N–H and O–H groups in total. The molecule has 1 heterocycles. The van der Waals surface area contributed by atoms with E-state index < -0.39 is 5.82 Å². The second kappa shape index (κ2) is 6.56. The zero-order valence-corrected chi connectivity index (χ0v) is 11.6. The maximum Gasteiger partial charge on any atom is 0.172 e. The van der Waals surface area contributed by atoms with E-state index in [1.54, 1.807) is 6.07 Å². The molecule has 1 fully saturated rings. The molecule has 2 rings (SSSR count). The van der Waals surface area contributed by atoms with Gasteiger partial charge in [0.1, 0.15) is 5.82 Å². The highest BCUT2D eigenvalue weighted by Gasteiger charge is 2.22. The third-order valence-corrected chi connectivity index (χ3v) is 3.53. The van der Waals surface area contributed by atoms with Gasteiger partial charge in [0.05, 0.1) is 6.10 Å². The van der Waals surface area contributed by atoms with Crippen molar-refractivity contribution in [3.63, 3.8) is 0 Å². The van der Waals surface area contributed by atoms with Gasteiger partial charge in [-0.1, -0.05) is 5.16 Å². The molecule has 6 heteroatoms. The number of benzene rings is 1. The fourth-order valence-electron chi connectivity index (χ4n) is 2.54. The van der Waals surface area contributed by atoms with Gasteiger partial charge < -0.3 is 20.6 Å². The topological polar surface area (TPSA) is 71.1 Å². The average molecular weight is 281 g/mol. The number of halogens is 1. The lowest BCUT2D eigenvalue weighted by Crippen LogP contribution is -2.38. The maximum absolute atomic E-state index is 13.3. The van der Waals surface area contributed by atoms with Crippen LogP contribution >= 0.6 is 0 Å². The summed E-state index contributed by atoms with van der Waals surface area (Å²) < 4.78 is 19.0. The van der Waals surface area contributed by atoms with Gasteiger partial charge in [-0.25, -0.2) is 4.39 Å². The van der Waals surface area contributed by atoms with Gasteiger partial charge in [-0.2, -0.15) is 0 Å². The minimum atomic E-state index is -0.403. The van der Waals surface area contributed by atoms with E-state index in [9.17, 15) is 4.39 Å². The molecule has 0 saturated carbocycles. The number of rotatable bonds is 4. The van der Waals surface area contributed by atoms with E-state index in [1.165, 1.54) is 12.1 Å². The molecule has 0 atom stereocenters. The summed E-state index contributed by atoms with van der Waals surface area (Å²) in [6.07, 6.45) is 2.12. The zero-order valence-electron chi connectivity index (χ0n) is 11.6. The van der Waals surface area contributed by atoms with Crippen molar-refractivity contribution in [1.29, 1.82) is 0 Å². The predicted octanol–water partition coefficient (Wildman–Crippen LogP) is 1.93.